The summed E-state index contributed by atoms with van der Waals surface area (Å²) < 4.78 is 54.7. The molecule has 0 saturated carbocycles. The Bertz CT molecular complexity index is 707. The average molecular weight is 343 g/mol. The van der Waals surface area contributed by atoms with Crippen molar-refractivity contribution >= 4 is 5.91 Å². The summed E-state index contributed by atoms with van der Waals surface area (Å²) in [5, 5.41) is 12.2. The topological polar surface area (TPSA) is 58.6 Å². The zero-order valence-electron chi connectivity index (χ0n) is 12.2. The fourth-order valence-electron chi connectivity index (χ4n) is 1.96. The fourth-order valence-corrected chi connectivity index (χ4v) is 1.96. The van der Waals surface area contributed by atoms with Crippen LogP contribution in [0.4, 0.5) is 17.6 Å². The Kier molecular flexibility index (Phi) is 5.75. The van der Waals surface area contributed by atoms with E-state index in [4.69, 9.17) is 0 Å². The van der Waals surface area contributed by atoms with Crippen LogP contribution in [0.25, 0.3) is 0 Å². The summed E-state index contributed by atoms with van der Waals surface area (Å²) in [5.74, 6) is -2.76. The van der Waals surface area contributed by atoms with Gasteiger partial charge in [0.25, 0.3) is 5.91 Å². The number of hydrogen-bond donors (Lipinski definition) is 2. The van der Waals surface area contributed by atoms with E-state index in [9.17, 15) is 27.5 Å². The van der Waals surface area contributed by atoms with Crippen LogP contribution >= 0.6 is 0 Å². The fraction of sp³-hybridized carbons (Fsp3) is 0.188. The molecule has 1 unspecified atom stereocenters. The maximum atomic E-state index is 13.1. The van der Waals surface area contributed by atoms with Crippen LogP contribution < -0.4 is 10.1 Å². The normalized spacial score (nSPS) is 12.1. The van der Waals surface area contributed by atoms with Crippen molar-refractivity contribution in [1.29, 1.82) is 0 Å². The third kappa shape index (κ3) is 4.69. The highest BCUT2D eigenvalue weighted by Gasteiger charge is 2.18. The molecule has 0 bridgehead atoms. The molecule has 0 spiro atoms. The first kappa shape index (κ1) is 17.7. The number of alkyl halides is 2. The van der Waals surface area contributed by atoms with Gasteiger partial charge in [-0.1, -0.05) is 12.1 Å². The lowest BCUT2D eigenvalue weighted by Crippen LogP contribution is -2.29. The Morgan fingerprint density at radius 2 is 1.71 bits per heavy atom. The van der Waals surface area contributed by atoms with E-state index in [1.807, 2.05) is 0 Å². The molecular weight excluding hydrogens is 330 g/mol. The number of aliphatic hydroxyl groups is 1. The predicted molar refractivity (Wildman–Crippen MR) is 76.7 cm³/mol. The summed E-state index contributed by atoms with van der Waals surface area (Å²) >= 11 is 0. The van der Waals surface area contributed by atoms with Crippen molar-refractivity contribution < 1.29 is 32.2 Å². The number of amides is 1. The van der Waals surface area contributed by atoms with Crippen LogP contribution in [0, 0.1) is 11.6 Å². The van der Waals surface area contributed by atoms with E-state index < -0.39 is 36.0 Å². The van der Waals surface area contributed by atoms with Crippen LogP contribution in [0.1, 0.15) is 22.0 Å². The number of benzene rings is 2. The molecule has 2 aromatic rings. The SMILES string of the molecule is O=C(NCC(O)c1ccc(F)cc1)c1ccc(F)cc1OC(F)F. The first-order valence-electron chi connectivity index (χ1n) is 6.83. The Morgan fingerprint density at radius 3 is 2.33 bits per heavy atom. The standard InChI is InChI=1S/C16H13F4NO3/c17-10-3-1-9(2-4-10)13(22)8-21-15(23)12-6-5-11(18)7-14(12)24-16(19)20/h1-7,13,16,22H,8H2,(H,21,23). The van der Waals surface area contributed by atoms with Crippen LogP contribution in [0.5, 0.6) is 5.75 Å². The van der Waals surface area contributed by atoms with Gasteiger partial charge in [0.1, 0.15) is 17.4 Å². The zero-order valence-corrected chi connectivity index (χ0v) is 12.2. The number of aliphatic hydroxyl groups excluding tert-OH is 1. The van der Waals surface area contributed by atoms with Gasteiger partial charge in [-0.3, -0.25) is 4.79 Å². The van der Waals surface area contributed by atoms with Crippen molar-refractivity contribution in [2.75, 3.05) is 6.54 Å². The summed E-state index contributed by atoms with van der Waals surface area (Å²) in [7, 11) is 0. The van der Waals surface area contributed by atoms with Crippen molar-refractivity contribution in [3.05, 3.63) is 65.2 Å². The minimum Gasteiger partial charge on any atom is -0.434 e. The number of carbonyl (C=O) groups is 1. The van der Waals surface area contributed by atoms with Crippen LogP contribution in [-0.4, -0.2) is 24.2 Å². The van der Waals surface area contributed by atoms with Crippen molar-refractivity contribution in [2.24, 2.45) is 0 Å². The maximum absolute atomic E-state index is 13.1. The average Bonchev–Trinajstić information content (AvgIpc) is 2.52. The number of rotatable bonds is 6. The van der Waals surface area contributed by atoms with E-state index in [2.05, 4.69) is 10.1 Å². The lowest BCUT2D eigenvalue weighted by molar-refractivity contribution is -0.0503. The van der Waals surface area contributed by atoms with E-state index in [1.54, 1.807) is 0 Å². The molecule has 0 aliphatic heterocycles. The summed E-state index contributed by atoms with van der Waals surface area (Å²) in [6.07, 6.45) is -1.13. The molecule has 0 heterocycles. The van der Waals surface area contributed by atoms with E-state index in [1.165, 1.54) is 12.1 Å². The van der Waals surface area contributed by atoms with Crippen LogP contribution in [0.2, 0.25) is 0 Å². The first-order chi connectivity index (χ1) is 11.4. The van der Waals surface area contributed by atoms with Gasteiger partial charge < -0.3 is 15.2 Å². The Morgan fingerprint density at radius 1 is 1.08 bits per heavy atom. The molecule has 128 valence electrons. The minimum absolute atomic E-state index is 0.254. The van der Waals surface area contributed by atoms with Crippen LogP contribution in [0.15, 0.2) is 42.5 Å². The molecule has 8 heteroatoms. The summed E-state index contributed by atoms with van der Waals surface area (Å²) in [5.41, 5.74) is 0.0582. The molecule has 2 aromatic carbocycles. The minimum atomic E-state index is -3.22. The van der Waals surface area contributed by atoms with Crippen LogP contribution in [0.3, 0.4) is 0 Å². The van der Waals surface area contributed by atoms with Gasteiger partial charge in [-0.2, -0.15) is 8.78 Å². The predicted octanol–water partition coefficient (Wildman–Crippen LogP) is 3.03. The van der Waals surface area contributed by atoms with Crippen molar-refractivity contribution in [2.45, 2.75) is 12.7 Å². The molecule has 4 nitrogen and oxygen atoms in total. The van der Waals surface area contributed by atoms with Gasteiger partial charge in [0, 0.05) is 12.6 Å². The Hall–Kier alpha value is -2.61. The molecule has 0 aliphatic rings. The van der Waals surface area contributed by atoms with Gasteiger partial charge in [-0.15, -0.1) is 0 Å². The smallest absolute Gasteiger partial charge is 0.387 e. The van der Waals surface area contributed by atoms with Gasteiger partial charge in [-0.05, 0) is 29.8 Å². The number of carbonyl (C=O) groups excluding carboxylic acids is 1. The van der Waals surface area contributed by atoms with Crippen LogP contribution in [-0.2, 0) is 0 Å². The number of ether oxygens (including phenoxy) is 1. The second-order valence-corrected chi connectivity index (χ2v) is 4.80. The molecule has 0 aromatic heterocycles. The molecule has 2 N–H and O–H groups in total. The van der Waals surface area contributed by atoms with Gasteiger partial charge in [0.2, 0.25) is 0 Å². The van der Waals surface area contributed by atoms with Crippen molar-refractivity contribution in [3.63, 3.8) is 0 Å². The monoisotopic (exact) mass is 343 g/mol. The Balaban J connectivity index is 2.05. The third-order valence-corrected chi connectivity index (χ3v) is 3.12. The summed E-state index contributed by atoms with van der Waals surface area (Å²) in [6, 6.07) is 7.56. The second-order valence-electron chi connectivity index (χ2n) is 4.80. The number of hydrogen-bond acceptors (Lipinski definition) is 3. The molecule has 0 radical (unpaired) electrons. The first-order valence-corrected chi connectivity index (χ1v) is 6.83. The lowest BCUT2D eigenvalue weighted by Gasteiger charge is -2.14. The molecule has 0 fully saturated rings. The molecule has 0 saturated heterocycles. The van der Waals surface area contributed by atoms with Gasteiger partial charge >= 0.3 is 6.61 Å². The highest BCUT2D eigenvalue weighted by atomic mass is 19.3. The highest BCUT2D eigenvalue weighted by Crippen LogP contribution is 2.22. The Labute approximate surface area is 134 Å². The number of nitrogens with one attached hydrogen (secondary N) is 1. The van der Waals surface area contributed by atoms with E-state index in [0.29, 0.717) is 11.6 Å². The van der Waals surface area contributed by atoms with Gasteiger partial charge in [0.05, 0.1) is 11.7 Å². The third-order valence-electron chi connectivity index (χ3n) is 3.12. The lowest BCUT2D eigenvalue weighted by atomic mass is 10.1. The number of halogens is 4. The molecular formula is C16H13F4NO3. The van der Waals surface area contributed by atoms with Gasteiger partial charge in [-0.25, -0.2) is 8.78 Å². The van der Waals surface area contributed by atoms with Gasteiger partial charge in [0.15, 0.2) is 0 Å². The summed E-state index contributed by atoms with van der Waals surface area (Å²) in [4.78, 5) is 12.0. The molecule has 1 amide bonds. The van der Waals surface area contributed by atoms with Crippen molar-refractivity contribution in [3.8, 4) is 5.75 Å². The van der Waals surface area contributed by atoms with E-state index in [-0.39, 0.29) is 12.1 Å². The highest BCUT2D eigenvalue weighted by molar-refractivity contribution is 5.96. The molecule has 24 heavy (non-hydrogen) atoms. The maximum Gasteiger partial charge on any atom is 0.387 e. The quantitative estimate of drug-likeness (QED) is 0.793. The van der Waals surface area contributed by atoms with E-state index in [0.717, 1.165) is 24.3 Å². The molecule has 0 aliphatic carbocycles. The second kappa shape index (κ2) is 7.78. The zero-order chi connectivity index (χ0) is 17.7. The summed E-state index contributed by atoms with van der Waals surface area (Å²) in [6.45, 7) is -3.47. The molecule has 2 rings (SSSR count). The molecule has 1 atom stereocenters. The largest absolute Gasteiger partial charge is 0.434 e. The van der Waals surface area contributed by atoms with Crippen molar-refractivity contribution in [1.82, 2.24) is 5.32 Å². The van der Waals surface area contributed by atoms with E-state index >= 15 is 0 Å².